The van der Waals surface area contributed by atoms with Crippen LogP contribution in [-0.2, 0) is 4.65 Å². The molecular formula is C19H28BNO. The van der Waals surface area contributed by atoms with E-state index < -0.39 is 0 Å². The highest BCUT2D eigenvalue weighted by molar-refractivity contribution is 6.56. The number of rotatable bonds is 5. The summed E-state index contributed by atoms with van der Waals surface area (Å²) in [5, 5.41) is 0. The molecule has 0 N–H and O–H groups in total. The topological polar surface area (TPSA) is 22.1 Å². The molecule has 2 saturated carbocycles. The first-order chi connectivity index (χ1) is 10.8. The molecule has 0 spiro atoms. The molecule has 0 amide bonds. The van der Waals surface area contributed by atoms with E-state index in [1.54, 1.807) is 0 Å². The number of pyridine rings is 1. The van der Waals surface area contributed by atoms with E-state index in [4.69, 9.17) is 4.65 Å². The van der Waals surface area contributed by atoms with Crippen LogP contribution in [0.25, 0.3) is 5.76 Å². The van der Waals surface area contributed by atoms with E-state index in [1.165, 1.54) is 64.2 Å². The van der Waals surface area contributed by atoms with Crippen LogP contribution in [0, 0.1) is 0 Å². The maximum absolute atomic E-state index is 6.46. The molecule has 2 fully saturated rings. The molecule has 2 aliphatic rings. The zero-order chi connectivity index (χ0) is 15.2. The first-order valence-electron chi connectivity index (χ1n) is 9.11. The highest BCUT2D eigenvalue weighted by Crippen LogP contribution is 2.42. The van der Waals surface area contributed by atoms with E-state index in [1.807, 2.05) is 24.4 Å². The van der Waals surface area contributed by atoms with Gasteiger partial charge in [-0.2, -0.15) is 0 Å². The second kappa shape index (κ2) is 7.85. The molecule has 0 saturated heterocycles. The van der Waals surface area contributed by atoms with Crippen LogP contribution < -0.4 is 0 Å². The summed E-state index contributed by atoms with van der Waals surface area (Å²) in [4.78, 5) is 4.40. The lowest BCUT2D eigenvalue weighted by atomic mass is 9.42. The lowest BCUT2D eigenvalue weighted by molar-refractivity contribution is 0.392. The Morgan fingerprint density at radius 2 is 1.55 bits per heavy atom. The van der Waals surface area contributed by atoms with Gasteiger partial charge in [0.25, 0.3) is 0 Å². The highest BCUT2D eigenvalue weighted by atomic mass is 16.4. The molecular weight excluding hydrogens is 269 g/mol. The Hall–Kier alpha value is -1.25. The Kier molecular flexibility index (Phi) is 5.58. The predicted molar refractivity (Wildman–Crippen MR) is 93.8 cm³/mol. The fraction of sp³-hybridized carbons (Fsp3) is 0.632. The molecule has 0 radical (unpaired) electrons. The molecule has 0 bridgehead atoms. The molecule has 1 aromatic heterocycles. The van der Waals surface area contributed by atoms with Gasteiger partial charge in [0.15, 0.2) is 0 Å². The van der Waals surface area contributed by atoms with Gasteiger partial charge in [0.2, 0.25) is 0 Å². The van der Waals surface area contributed by atoms with Crippen LogP contribution in [0.2, 0.25) is 11.6 Å². The van der Waals surface area contributed by atoms with Gasteiger partial charge < -0.3 is 4.65 Å². The maximum Gasteiger partial charge on any atom is 0.364 e. The summed E-state index contributed by atoms with van der Waals surface area (Å²) in [6.45, 7) is 4.53. The Bertz CT molecular complexity index is 446. The first-order valence-corrected chi connectivity index (χ1v) is 9.11. The minimum atomic E-state index is 0.357. The van der Waals surface area contributed by atoms with Gasteiger partial charge in [0, 0.05) is 6.20 Å². The van der Waals surface area contributed by atoms with Gasteiger partial charge in [0.1, 0.15) is 11.5 Å². The van der Waals surface area contributed by atoms with Crippen LogP contribution in [0.4, 0.5) is 0 Å². The van der Waals surface area contributed by atoms with Crippen molar-refractivity contribution in [3.8, 4) is 0 Å². The number of hydrogen-bond donors (Lipinski definition) is 0. The molecule has 1 heterocycles. The third-order valence-corrected chi connectivity index (χ3v) is 5.46. The zero-order valence-electron chi connectivity index (χ0n) is 13.7. The van der Waals surface area contributed by atoms with Crippen molar-refractivity contribution in [1.82, 2.24) is 4.98 Å². The number of aromatic nitrogens is 1. The van der Waals surface area contributed by atoms with Crippen molar-refractivity contribution in [1.29, 1.82) is 0 Å². The van der Waals surface area contributed by atoms with Gasteiger partial charge in [0.05, 0.1) is 0 Å². The molecule has 2 nitrogen and oxygen atoms in total. The van der Waals surface area contributed by atoms with Crippen molar-refractivity contribution in [2.24, 2.45) is 0 Å². The lowest BCUT2D eigenvalue weighted by Crippen LogP contribution is -2.33. The second-order valence-electron chi connectivity index (χ2n) is 7.02. The van der Waals surface area contributed by atoms with Crippen LogP contribution in [0.5, 0.6) is 0 Å². The van der Waals surface area contributed by atoms with Gasteiger partial charge in [-0.05, 0) is 23.8 Å². The Labute approximate surface area is 135 Å². The van der Waals surface area contributed by atoms with Crippen molar-refractivity contribution in [3.63, 3.8) is 0 Å². The Morgan fingerprint density at radius 3 is 2.05 bits per heavy atom. The monoisotopic (exact) mass is 297 g/mol. The van der Waals surface area contributed by atoms with Crippen molar-refractivity contribution >= 4 is 12.7 Å². The van der Waals surface area contributed by atoms with Crippen molar-refractivity contribution < 1.29 is 4.65 Å². The number of hydrogen-bond acceptors (Lipinski definition) is 2. The van der Waals surface area contributed by atoms with E-state index in [-0.39, 0.29) is 0 Å². The predicted octanol–water partition coefficient (Wildman–Crippen LogP) is 5.73. The summed E-state index contributed by atoms with van der Waals surface area (Å²) in [6, 6.07) is 5.95. The summed E-state index contributed by atoms with van der Waals surface area (Å²) < 4.78 is 6.46. The zero-order valence-corrected chi connectivity index (χ0v) is 13.7. The van der Waals surface area contributed by atoms with E-state index in [9.17, 15) is 0 Å². The average Bonchev–Trinajstić information content (AvgIpc) is 2.62. The molecule has 0 atom stereocenters. The van der Waals surface area contributed by atoms with Crippen LogP contribution in [-0.4, -0.2) is 11.9 Å². The summed E-state index contributed by atoms with van der Waals surface area (Å²) in [6.07, 6.45) is 15.4. The van der Waals surface area contributed by atoms with Crippen LogP contribution >= 0.6 is 0 Å². The molecule has 22 heavy (non-hydrogen) atoms. The van der Waals surface area contributed by atoms with Gasteiger partial charge in [-0.25, -0.2) is 0 Å². The maximum atomic E-state index is 6.46. The highest BCUT2D eigenvalue weighted by Gasteiger charge is 2.38. The summed E-state index contributed by atoms with van der Waals surface area (Å²) in [7, 11) is 0. The van der Waals surface area contributed by atoms with E-state index in [2.05, 4.69) is 11.6 Å². The SMILES string of the molecule is C=C(OB(C1CCCCC1)C1CCCCC1)c1ccccn1. The minimum absolute atomic E-state index is 0.357. The Morgan fingerprint density at radius 1 is 0.955 bits per heavy atom. The summed E-state index contributed by atoms with van der Waals surface area (Å²) in [5.41, 5.74) is 0.888. The molecule has 118 valence electrons. The second-order valence-corrected chi connectivity index (χ2v) is 7.02. The van der Waals surface area contributed by atoms with Gasteiger partial charge >= 0.3 is 6.92 Å². The average molecular weight is 297 g/mol. The van der Waals surface area contributed by atoms with Crippen LogP contribution in [0.15, 0.2) is 31.0 Å². The largest absolute Gasteiger partial charge is 0.559 e. The molecule has 1 aromatic rings. The van der Waals surface area contributed by atoms with E-state index in [0.29, 0.717) is 6.92 Å². The normalized spacial score (nSPS) is 20.5. The third kappa shape index (κ3) is 3.94. The first kappa shape index (κ1) is 15.6. The fourth-order valence-electron chi connectivity index (χ4n) is 4.26. The van der Waals surface area contributed by atoms with Gasteiger partial charge in [-0.15, -0.1) is 0 Å². The van der Waals surface area contributed by atoms with Gasteiger partial charge in [-0.3, -0.25) is 4.98 Å². The summed E-state index contributed by atoms with van der Waals surface area (Å²) in [5.74, 6) is 2.20. The quantitative estimate of drug-likeness (QED) is 0.511. The number of nitrogens with zero attached hydrogens (tertiary/aromatic N) is 1. The molecule has 0 aliphatic heterocycles. The van der Waals surface area contributed by atoms with E-state index in [0.717, 1.165) is 23.1 Å². The van der Waals surface area contributed by atoms with E-state index >= 15 is 0 Å². The van der Waals surface area contributed by atoms with Crippen molar-refractivity contribution in [3.05, 3.63) is 36.7 Å². The molecule has 2 aliphatic carbocycles. The standard InChI is InChI=1S/C19H28BNO/c1-16(19-14-8-9-15-21-19)22-20(17-10-4-2-5-11-17)18-12-6-3-7-13-18/h8-9,14-15,17-18H,1-7,10-13H2. The lowest BCUT2D eigenvalue weighted by Gasteiger charge is -2.35. The molecule has 3 heteroatoms. The van der Waals surface area contributed by atoms with Crippen molar-refractivity contribution in [2.75, 3.05) is 0 Å². The summed E-state index contributed by atoms with van der Waals surface area (Å²) >= 11 is 0. The van der Waals surface area contributed by atoms with Gasteiger partial charge in [-0.1, -0.05) is 76.9 Å². The molecule has 0 unspecified atom stereocenters. The molecule has 3 rings (SSSR count). The van der Waals surface area contributed by atoms with Crippen LogP contribution in [0.1, 0.15) is 69.9 Å². The van der Waals surface area contributed by atoms with Crippen LogP contribution in [0.3, 0.4) is 0 Å². The fourth-order valence-corrected chi connectivity index (χ4v) is 4.26. The minimum Gasteiger partial charge on any atom is -0.559 e. The molecule has 0 aromatic carbocycles. The smallest absolute Gasteiger partial charge is 0.364 e. The third-order valence-electron chi connectivity index (χ3n) is 5.46. The Balaban J connectivity index is 1.71. The van der Waals surface area contributed by atoms with Crippen molar-refractivity contribution in [2.45, 2.75) is 75.8 Å².